The van der Waals surface area contributed by atoms with Crippen molar-refractivity contribution in [3.05, 3.63) is 64.4 Å². The fraction of sp³-hybridized carbons (Fsp3) is 0.167. The molecule has 0 spiro atoms. The highest BCUT2D eigenvalue weighted by Gasteiger charge is 2.13. The standard InChI is InChI=1S/C18H18ClN5O2S/c1-11-4-7-15(10-17(11)19)24-13(3)18(12(2)23-24)22-21-14-5-8-16(9-6-14)27(20,25)26/h4-10H,1-3H3,(H2,20,25,26). The lowest BCUT2D eigenvalue weighted by molar-refractivity contribution is 0.598. The van der Waals surface area contributed by atoms with Crippen LogP contribution in [0, 0.1) is 20.8 Å². The van der Waals surface area contributed by atoms with Crippen LogP contribution in [0.15, 0.2) is 57.6 Å². The summed E-state index contributed by atoms with van der Waals surface area (Å²) in [6, 6.07) is 11.6. The van der Waals surface area contributed by atoms with Gasteiger partial charge < -0.3 is 0 Å². The molecule has 0 aliphatic carbocycles. The Morgan fingerprint density at radius 1 is 1.04 bits per heavy atom. The zero-order chi connectivity index (χ0) is 19.8. The molecule has 27 heavy (non-hydrogen) atoms. The van der Waals surface area contributed by atoms with Crippen molar-refractivity contribution < 1.29 is 8.42 Å². The Morgan fingerprint density at radius 2 is 1.70 bits per heavy atom. The molecule has 1 aromatic heterocycles. The SMILES string of the molecule is Cc1ccc(-n2nc(C)c(N=Nc3ccc(S(N)(=O)=O)cc3)c2C)cc1Cl. The van der Waals surface area contributed by atoms with Crippen LogP contribution in [-0.2, 0) is 10.0 Å². The average molecular weight is 404 g/mol. The molecule has 0 radical (unpaired) electrons. The van der Waals surface area contributed by atoms with Gasteiger partial charge in [-0.3, -0.25) is 0 Å². The van der Waals surface area contributed by atoms with Crippen molar-refractivity contribution in [3.63, 3.8) is 0 Å². The van der Waals surface area contributed by atoms with Crippen molar-refractivity contribution in [3.8, 4) is 5.69 Å². The summed E-state index contributed by atoms with van der Waals surface area (Å²) >= 11 is 6.21. The van der Waals surface area contributed by atoms with Crippen LogP contribution in [0.2, 0.25) is 5.02 Å². The number of aromatic nitrogens is 2. The highest BCUT2D eigenvalue weighted by molar-refractivity contribution is 7.89. The third-order valence-electron chi connectivity index (χ3n) is 4.08. The maximum Gasteiger partial charge on any atom is 0.238 e. The van der Waals surface area contributed by atoms with Gasteiger partial charge in [0.25, 0.3) is 0 Å². The molecule has 1 heterocycles. The predicted molar refractivity (Wildman–Crippen MR) is 105 cm³/mol. The number of sulfonamides is 1. The maximum atomic E-state index is 11.3. The fourth-order valence-corrected chi connectivity index (χ4v) is 3.24. The summed E-state index contributed by atoms with van der Waals surface area (Å²) in [5.74, 6) is 0. The van der Waals surface area contributed by atoms with E-state index in [1.54, 1.807) is 4.68 Å². The number of hydrogen-bond acceptors (Lipinski definition) is 5. The Bertz CT molecular complexity index is 1140. The third-order valence-corrected chi connectivity index (χ3v) is 5.42. The third kappa shape index (κ3) is 4.08. The Labute approximate surface area is 162 Å². The van der Waals surface area contributed by atoms with E-state index in [2.05, 4.69) is 15.3 Å². The molecular weight excluding hydrogens is 386 g/mol. The fourth-order valence-electron chi connectivity index (χ4n) is 2.55. The number of aryl methyl sites for hydroxylation is 2. The van der Waals surface area contributed by atoms with Crippen LogP contribution >= 0.6 is 11.6 Å². The number of benzene rings is 2. The van der Waals surface area contributed by atoms with Gasteiger partial charge in [0, 0.05) is 5.02 Å². The zero-order valence-electron chi connectivity index (χ0n) is 15.0. The topological polar surface area (TPSA) is 103 Å². The normalized spacial score (nSPS) is 12.0. The summed E-state index contributed by atoms with van der Waals surface area (Å²) in [7, 11) is -3.73. The molecule has 0 aliphatic rings. The maximum absolute atomic E-state index is 11.3. The molecule has 0 saturated heterocycles. The van der Waals surface area contributed by atoms with Crippen LogP contribution < -0.4 is 5.14 Å². The molecule has 0 bridgehead atoms. The van der Waals surface area contributed by atoms with Crippen molar-refractivity contribution in [2.45, 2.75) is 25.7 Å². The molecule has 0 aliphatic heterocycles. The van der Waals surface area contributed by atoms with Gasteiger partial charge in [0.05, 0.1) is 27.7 Å². The van der Waals surface area contributed by atoms with Gasteiger partial charge in [0.1, 0.15) is 5.69 Å². The summed E-state index contributed by atoms with van der Waals surface area (Å²) in [4.78, 5) is 0.0258. The largest absolute Gasteiger partial charge is 0.238 e. The van der Waals surface area contributed by atoms with E-state index in [1.807, 2.05) is 39.0 Å². The van der Waals surface area contributed by atoms with Crippen LogP contribution in [0.3, 0.4) is 0 Å². The second-order valence-electron chi connectivity index (χ2n) is 6.10. The Morgan fingerprint density at radius 3 is 2.30 bits per heavy atom. The predicted octanol–water partition coefficient (Wildman–Crippen LogP) is 4.51. The summed E-state index contributed by atoms with van der Waals surface area (Å²) in [5, 5.41) is 18.7. The molecule has 0 amide bonds. The smallest absolute Gasteiger partial charge is 0.235 e. The van der Waals surface area contributed by atoms with E-state index in [0.29, 0.717) is 22.1 Å². The molecule has 9 heteroatoms. The van der Waals surface area contributed by atoms with Crippen molar-refractivity contribution in [2.75, 3.05) is 0 Å². The zero-order valence-corrected chi connectivity index (χ0v) is 16.6. The molecule has 0 atom stereocenters. The Balaban J connectivity index is 1.93. The first kappa shape index (κ1) is 19.2. The van der Waals surface area contributed by atoms with Crippen molar-refractivity contribution in [1.29, 1.82) is 0 Å². The van der Waals surface area contributed by atoms with Gasteiger partial charge in [-0.1, -0.05) is 17.7 Å². The van der Waals surface area contributed by atoms with Crippen LogP contribution in [-0.4, -0.2) is 18.2 Å². The van der Waals surface area contributed by atoms with Crippen LogP contribution in [0.25, 0.3) is 5.69 Å². The van der Waals surface area contributed by atoms with E-state index in [4.69, 9.17) is 16.7 Å². The van der Waals surface area contributed by atoms with Crippen LogP contribution in [0.5, 0.6) is 0 Å². The molecule has 3 rings (SSSR count). The first-order chi connectivity index (χ1) is 12.7. The summed E-state index contributed by atoms with van der Waals surface area (Å²) in [6.45, 7) is 5.68. The van der Waals surface area contributed by atoms with Gasteiger partial charge in [0.15, 0.2) is 0 Å². The van der Waals surface area contributed by atoms with Gasteiger partial charge in [-0.2, -0.15) is 10.2 Å². The molecular formula is C18H18ClN5O2S. The van der Waals surface area contributed by atoms with Crippen LogP contribution in [0.4, 0.5) is 11.4 Å². The van der Waals surface area contributed by atoms with Gasteiger partial charge in [0.2, 0.25) is 10.0 Å². The summed E-state index contributed by atoms with van der Waals surface area (Å²) < 4.78 is 24.4. The molecule has 2 N–H and O–H groups in total. The first-order valence-corrected chi connectivity index (χ1v) is 9.96. The number of rotatable bonds is 4. The number of hydrogen-bond donors (Lipinski definition) is 1. The van der Waals surface area contributed by atoms with Crippen molar-refractivity contribution in [2.24, 2.45) is 15.4 Å². The highest BCUT2D eigenvalue weighted by atomic mass is 35.5. The van der Waals surface area contributed by atoms with Gasteiger partial charge in [-0.15, -0.1) is 5.11 Å². The minimum atomic E-state index is -3.73. The second kappa shape index (κ2) is 7.22. The van der Waals surface area contributed by atoms with E-state index in [1.165, 1.54) is 24.3 Å². The number of nitrogens with two attached hydrogens (primary N) is 1. The molecule has 140 valence electrons. The van der Waals surface area contributed by atoms with Gasteiger partial charge in [-0.05, 0) is 62.7 Å². The highest BCUT2D eigenvalue weighted by Crippen LogP contribution is 2.29. The number of primary sulfonamides is 1. The number of nitrogens with zero attached hydrogens (tertiary/aromatic N) is 4. The Kier molecular flexibility index (Phi) is 5.14. The van der Waals surface area contributed by atoms with E-state index in [-0.39, 0.29) is 4.90 Å². The van der Waals surface area contributed by atoms with Crippen molar-refractivity contribution >= 4 is 33.0 Å². The van der Waals surface area contributed by atoms with Gasteiger partial charge in [-0.25, -0.2) is 18.2 Å². The molecule has 0 fully saturated rings. The quantitative estimate of drug-likeness (QED) is 0.648. The minimum Gasteiger partial charge on any atom is -0.235 e. The molecule has 0 unspecified atom stereocenters. The minimum absolute atomic E-state index is 0.0258. The monoisotopic (exact) mass is 403 g/mol. The lowest BCUT2D eigenvalue weighted by atomic mass is 10.2. The van der Waals surface area contributed by atoms with E-state index in [0.717, 1.165) is 16.9 Å². The summed E-state index contributed by atoms with van der Waals surface area (Å²) in [6.07, 6.45) is 0. The molecule has 0 saturated carbocycles. The number of azo groups is 1. The second-order valence-corrected chi connectivity index (χ2v) is 8.07. The van der Waals surface area contributed by atoms with E-state index in [9.17, 15) is 8.42 Å². The lowest BCUT2D eigenvalue weighted by Crippen LogP contribution is -2.11. The average Bonchev–Trinajstić information content (AvgIpc) is 2.89. The molecule has 7 nitrogen and oxygen atoms in total. The molecule has 2 aromatic carbocycles. The number of halogens is 1. The first-order valence-electron chi connectivity index (χ1n) is 8.04. The lowest BCUT2D eigenvalue weighted by Gasteiger charge is -2.06. The van der Waals surface area contributed by atoms with Crippen LogP contribution in [0.1, 0.15) is 17.0 Å². The summed E-state index contributed by atoms with van der Waals surface area (Å²) in [5.41, 5.74) is 4.51. The van der Waals surface area contributed by atoms with Crippen molar-refractivity contribution in [1.82, 2.24) is 9.78 Å². The Hall–Kier alpha value is -2.55. The van der Waals surface area contributed by atoms with E-state index < -0.39 is 10.0 Å². The van der Waals surface area contributed by atoms with E-state index >= 15 is 0 Å². The van der Waals surface area contributed by atoms with Gasteiger partial charge >= 0.3 is 0 Å². The molecule has 3 aromatic rings.